The van der Waals surface area contributed by atoms with Crippen molar-refractivity contribution in [3.8, 4) is 0 Å². The van der Waals surface area contributed by atoms with Crippen molar-refractivity contribution >= 4 is 17.9 Å². The number of hydrogen-bond donors (Lipinski definition) is 4. The van der Waals surface area contributed by atoms with Gasteiger partial charge in [0.2, 0.25) is 0 Å². The molecule has 0 saturated carbocycles. The fourth-order valence-electron chi connectivity index (χ4n) is 5.68. The van der Waals surface area contributed by atoms with E-state index in [1.54, 1.807) is 0 Å². The van der Waals surface area contributed by atoms with Crippen molar-refractivity contribution in [1.82, 2.24) is 0 Å². The van der Waals surface area contributed by atoms with E-state index in [9.17, 15) is 34.8 Å². The highest BCUT2D eigenvalue weighted by Crippen LogP contribution is 2.23. The molecule has 0 spiro atoms. The van der Waals surface area contributed by atoms with Crippen LogP contribution in [0.15, 0.2) is 24.3 Å². The molecule has 0 aliphatic carbocycles. The van der Waals surface area contributed by atoms with Crippen molar-refractivity contribution in [2.24, 2.45) is 0 Å². The van der Waals surface area contributed by atoms with Crippen LogP contribution >= 0.6 is 0 Å². The van der Waals surface area contributed by atoms with E-state index in [-0.39, 0.29) is 19.4 Å². The van der Waals surface area contributed by atoms with Gasteiger partial charge in [-0.25, -0.2) is 4.79 Å². The maximum Gasteiger partial charge on any atom is 0.335 e. The Labute approximate surface area is 300 Å². The van der Waals surface area contributed by atoms with Crippen molar-refractivity contribution in [3.63, 3.8) is 0 Å². The summed E-state index contributed by atoms with van der Waals surface area (Å²) in [4.78, 5) is 36.6. The van der Waals surface area contributed by atoms with Crippen LogP contribution in [0.3, 0.4) is 0 Å². The second-order valence-corrected chi connectivity index (χ2v) is 13.4. The molecular formula is C39H68O11. The van der Waals surface area contributed by atoms with Gasteiger partial charge in [-0.3, -0.25) is 9.59 Å². The molecule has 6 unspecified atom stereocenters. The number of carbonyl (C=O) groups is 3. The predicted octanol–water partition coefficient (Wildman–Crippen LogP) is 7.08. The van der Waals surface area contributed by atoms with Gasteiger partial charge in [0.1, 0.15) is 24.9 Å². The van der Waals surface area contributed by atoms with Crippen molar-refractivity contribution in [1.29, 1.82) is 0 Å². The summed E-state index contributed by atoms with van der Waals surface area (Å²) in [7, 11) is 0. The first-order chi connectivity index (χ1) is 24.2. The van der Waals surface area contributed by atoms with Crippen LogP contribution in [-0.2, 0) is 33.3 Å². The standard InChI is InChI=1S/C39H68O11/c1-3-5-7-9-11-13-15-16-18-19-21-23-25-27-32(40)47-29-31(30-48-39-36(44)34(42)35(43)37(50-39)38(45)46)49-33(41)28-26-24-22-20-17-14-12-10-8-6-4-2/h7,9,13,15,31,34-37,39,42-44H,3-6,8,10-12,14,16-30H2,1-2H3,(H,45,46)/b9-7-,15-13-. The van der Waals surface area contributed by atoms with E-state index in [4.69, 9.17) is 18.9 Å². The molecule has 1 rings (SSSR count). The molecule has 1 fully saturated rings. The summed E-state index contributed by atoms with van der Waals surface area (Å²) in [6.45, 7) is 3.70. The number of carboxylic acid groups (broad SMARTS) is 1. The number of carbonyl (C=O) groups excluding carboxylic acids is 2. The molecule has 1 aliphatic rings. The maximum atomic E-state index is 12.7. The number of carboxylic acids is 1. The first kappa shape index (κ1) is 45.7. The van der Waals surface area contributed by atoms with Crippen molar-refractivity contribution in [2.45, 2.75) is 192 Å². The monoisotopic (exact) mass is 712 g/mol. The second-order valence-electron chi connectivity index (χ2n) is 13.4. The SMILES string of the molecule is CCC/C=C\C/C=C\CCCCCCCC(=O)OCC(COC1OC(C(=O)O)C(O)C(O)C1O)OC(=O)CCCCCCCCCCCCC. The van der Waals surface area contributed by atoms with Crippen LogP contribution in [-0.4, -0.2) is 88.4 Å². The van der Waals surface area contributed by atoms with Crippen LogP contribution in [0.5, 0.6) is 0 Å². The van der Waals surface area contributed by atoms with E-state index in [0.717, 1.165) is 64.2 Å². The lowest BCUT2D eigenvalue weighted by Crippen LogP contribution is -2.60. The minimum absolute atomic E-state index is 0.182. The van der Waals surface area contributed by atoms with Crippen molar-refractivity contribution < 1.29 is 53.8 Å². The summed E-state index contributed by atoms with van der Waals surface area (Å²) in [6, 6.07) is 0. The Hall–Kier alpha value is -2.31. The third kappa shape index (κ3) is 22.5. The molecule has 50 heavy (non-hydrogen) atoms. The molecule has 6 atom stereocenters. The summed E-state index contributed by atoms with van der Waals surface area (Å²) in [5, 5.41) is 39.6. The van der Waals surface area contributed by atoms with Gasteiger partial charge in [-0.2, -0.15) is 0 Å². The van der Waals surface area contributed by atoms with E-state index in [1.807, 2.05) is 0 Å². The maximum absolute atomic E-state index is 12.7. The molecule has 1 saturated heterocycles. The van der Waals surface area contributed by atoms with Gasteiger partial charge < -0.3 is 39.4 Å². The number of hydrogen-bond acceptors (Lipinski definition) is 10. The Morgan fingerprint density at radius 1 is 0.620 bits per heavy atom. The molecule has 0 aromatic carbocycles. The molecule has 0 aromatic rings. The van der Waals surface area contributed by atoms with Crippen LogP contribution in [0.2, 0.25) is 0 Å². The molecule has 11 heteroatoms. The Morgan fingerprint density at radius 2 is 1.16 bits per heavy atom. The summed E-state index contributed by atoms with van der Waals surface area (Å²) >= 11 is 0. The largest absolute Gasteiger partial charge is 0.479 e. The molecular weight excluding hydrogens is 644 g/mol. The smallest absolute Gasteiger partial charge is 0.335 e. The van der Waals surface area contributed by atoms with Crippen LogP contribution in [0.1, 0.15) is 155 Å². The highest BCUT2D eigenvalue weighted by Gasteiger charge is 2.47. The van der Waals surface area contributed by atoms with E-state index >= 15 is 0 Å². The Kier molecular flexibility index (Phi) is 27.7. The normalized spacial score (nSPS) is 21.5. The molecule has 0 bridgehead atoms. The Bertz CT molecular complexity index is 937. The number of rotatable bonds is 31. The van der Waals surface area contributed by atoms with Crippen LogP contribution in [0.4, 0.5) is 0 Å². The fourth-order valence-corrected chi connectivity index (χ4v) is 5.68. The molecule has 4 N–H and O–H groups in total. The number of aliphatic hydroxyl groups excluding tert-OH is 3. The van der Waals surface area contributed by atoms with Gasteiger partial charge in [-0.15, -0.1) is 0 Å². The number of allylic oxidation sites excluding steroid dienone is 4. The fraction of sp³-hybridized carbons (Fsp3) is 0.821. The topological polar surface area (TPSA) is 169 Å². The lowest BCUT2D eigenvalue weighted by molar-refractivity contribution is -0.298. The second kappa shape index (κ2) is 30.3. The average molecular weight is 713 g/mol. The van der Waals surface area contributed by atoms with Gasteiger partial charge in [0.15, 0.2) is 18.5 Å². The van der Waals surface area contributed by atoms with Gasteiger partial charge in [0.05, 0.1) is 6.61 Å². The Morgan fingerprint density at radius 3 is 1.74 bits per heavy atom. The summed E-state index contributed by atoms with van der Waals surface area (Å²) in [5.74, 6) is -2.46. The van der Waals surface area contributed by atoms with Crippen LogP contribution in [0, 0.1) is 0 Å². The van der Waals surface area contributed by atoms with Gasteiger partial charge in [-0.1, -0.05) is 128 Å². The highest BCUT2D eigenvalue weighted by molar-refractivity contribution is 5.73. The quantitative estimate of drug-likeness (QED) is 0.0329. The number of aliphatic hydroxyl groups is 3. The van der Waals surface area contributed by atoms with E-state index in [1.165, 1.54) is 51.4 Å². The lowest BCUT2D eigenvalue weighted by atomic mass is 9.99. The zero-order valence-corrected chi connectivity index (χ0v) is 30.9. The molecule has 0 aromatic heterocycles. The number of aliphatic carboxylic acids is 1. The number of esters is 2. The third-order valence-corrected chi connectivity index (χ3v) is 8.78. The third-order valence-electron chi connectivity index (χ3n) is 8.78. The average Bonchev–Trinajstić information content (AvgIpc) is 3.09. The molecule has 290 valence electrons. The van der Waals surface area contributed by atoms with E-state index in [0.29, 0.717) is 12.8 Å². The predicted molar refractivity (Wildman–Crippen MR) is 192 cm³/mol. The molecule has 0 radical (unpaired) electrons. The van der Waals surface area contributed by atoms with Gasteiger partial charge >= 0.3 is 17.9 Å². The van der Waals surface area contributed by atoms with E-state index in [2.05, 4.69) is 38.2 Å². The minimum Gasteiger partial charge on any atom is -0.479 e. The number of ether oxygens (including phenoxy) is 4. The van der Waals surface area contributed by atoms with Gasteiger partial charge in [-0.05, 0) is 38.5 Å². The van der Waals surface area contributed by atoms with Gasteiger partial charge in [0, 0.05) is 12.8 Å². The summed E-state index contributed by atoms with van der Waals surface area (Å²) in [6.07, 6.45) is 21.0. The highest BCUT2D eigenvalue weighted by atomic mass is 16.7. The number of unbranched alkanes of at least 4 members (excludes halogenated alkanes) is 16. The van der Waals surface area contributed by atoms with Gasteiger partial charge in [0.25, 0.3) is 0 Å². The first-order valence-electron chi connectivity index (χ1n) is 19.4. The molecule has 1 aliphatic heterocycles. The molecule has 11 nitrogen and oxygen atoms in total. The minimum atomic E-state index is -1.86. The summed E-state index contributed by atoms with van der Waals surface area (Å²) < 4.78 is 21.6. The first-order valence-corrected chi connectivity index (χ1v) is 19.4. The zero-order valence-electron chi connectivity index (χ0n) is 30.9. The zero-order chi connectivity index (χ0) is 36.8. The molecule has 1 heterocycles. The summed E-state index contributed by atoms with van der Waals surface area (Å²) in [5.41, 5.74) is 0. The Balaban J connectivity index is 2.45. The van der Waals surface area contributed by atoms with Crippen LogP contribution in [0.25, 0.3) is 0 Å². The van der Waals surface area contributed by atoms with Crippen molar-refractivity contribution in [3.05, 3.63) is 24.3 Å². The molecule has 0 amide bonds. The van der Waals surface area contributed by atoms with E-state index < -0.39 is 61.3 Å². The lowest BCUT2D eigenvalue weighted by Gasteiger charge is -2.38. The van der Waals surface area contributed by atoms with Crippen molar-refractivity contribution in [2.75, 3.05) is 13.2 Å². The van der Waals surface area contributed by atoms with Crippen LogP contribution < -0.4 is 0 Å².